The number of likely N-dealkylation sites (tertiary alicyclic amines) is 1. The first-order valence-electron chi connectivity index (χ1n) is 4.04. The summed E-state index contributed by atoms with van der Waals surface area (Å²) in [4.78, 5) is 2.34. The smallest absolute Gasteiger partial charge is 0.0658 e. The molecule has 0 amide bonds. The third-order valence-corrected chi connectivity index (χ3v) is 2.27. The van der Waals surface area contributed by atoms with Crippen molar-refractivity contribution in [1.29, 1.82) is 0 Å². The molecular formula is C8H13N3. The van der Waals surface area contributed by atoms with E-state index in [1.165, 1.54) is 13.0 Å². The average molecular weight is 151 g/mol. The lowest BCUT2D eigenvalue weighted by Gasteiger charge is -2.09. The van der Waals surface area contributed by atoms with Crippen LogP contribution in [0, 0.1) is 0 Å². The van der Waals surface area contributed by atoms with E-state index in [2.05, 4.69) is 21.7 Å². The average Bonchev–Trinajstić information content (AvgIpc) is 2.55. The Labute approximate surface area is 66.6 Å². The molecule has 3 nitrogen and oxygen atoms in total. The highest BCUT2D eigenvalue weighted by Crippen LogP contribution is 2.18. The largest absolute Gasteiger partial charge is 0.304 e. The fourth-order valence-corrected chi connectivity index (χ4v) is 1.62. The molecule has 1 aromatic rings. The molecule has 2 rings (SSSR count). The molecule has 1 atom stereocenters. The van der Waals surface area contributed by atoms with Crippen LogP contribution in [0.2, 0.25) is 0 Å². The van der Waals surface area contributed by atoms with Crippen molar-refractivity contribution in [3.8, 4) is 0 Å². The van der Waals surface area contributed by atoms with Crippen LogP contribution in [0.15, 0.2) is 18.5 Å². The molecule has 60 valence electrons. The van der Waals surface area contributed by atoms with Crippen molar-refractivity contribution in [1.82, 2.24) is 14.7 Å². The van der Waals surface area contributed by atoms with Crippen molar-refractivity contribution >= 4 is 0 Å². The maximum absolute atomic E-state index is 4.22. The van der Waals surface area contributed by atoms with Gasteiger partial charge in [-0.3, -0.25) is 4.68 Å². The van der Waals surface area contributed by atoms with E-state index in [-0.39, 0.29) is 0 Å². The van der Waals surface area contributed by atoms with Crippen LogP contribution in [0.4, 0.5) is 0 Å². The Morgan fingerprint density at radius 1 is 1.55 bits per heavy atom. The van der Waals surface area contributed by atoms with Crippen molar-refractivity contribution in [3.63, 3.8) is 0 Å². The van der Waals surface area contributed by atoms with Crippen LogP contribution in [0.5, 0.6) is 0 Å². The topological polar surface area (TPSA) is 21.1 Å². The van der Waals surface area contributed by atoms with Gasteiger partial charge in [0.1, 0.15) is 0 Å². The Hall–Kier alpha value is -0.830. The van der Waals surface area contributed by atoms with E-state index in [4.69, 9.17) is 0 Å². The van der Waals surface area contributed by atoms with E-state index in [1.807, 2.05) is 18.5 Å². The third-order valence-electron chi connectivity index (χ3n) is 2.27. The minimum atomic E-state index is 0.606. The highest BCUT2D eigenvalue weighted by molar-refractivity contribution is 4.85. The van der Waals surface area contributed by atoms with Gasteiger partial charge in [0.2, 0.25) is 0 Å². The zero-order chi connectivity index (χ0) is 7.68. The predicted molar refractivity (Wildman–Crippen MR) is 43.4 cm³/mol. The Kier molecular flexibility index (Phi) is 1.66. The zero-order valence-corrected chi connectivity index (χ0v) is 6.77. The summed E-state index contributed by atoms with van der Waals surface area (Å²) in [5, 5.41) is 4.22. The summed E-state index contributed by atoms with van der Waals surface area (Å²) < 4.78 is 2.06. The van der Waals surface area contributed by atoms with Gasteiger partial charge < -0.3 is 4.90 Å². The molecule has 1 saturated heterocycles. The van der Waals surface area contributed by atoms with Crippen LogP contribution in [-0.4, -0.2) is 34.8 Å². The lowest BCUT2D eigenvalue weighted by molar-refractivity contribution is 0.382. The molecule has 1 fully saturated rings. The first-order chi connectivity index (χ1) is 5.36. The van der Waals surface area contributed by atoms with Gasteiger partial charge in [-0.1, -0.05) is 0 Å². The molecule has 1 aromatic heterocycles. The molecular weight excluding hydrogens is 138 g/mol. The zero-order valence-electron chi connectivity index (χ0n) is 6.77. The van der Waals surface area contributed by atoms with Gasteiger partial charge >= 0.3 is 0 Å². The molecule has 2 heterocycles. The fourth-order valence-electron chi connectivity index (χ4n) is 1.62. The summed E-state index contributed by atoms with van der Waals surface area (Å²) in [6.07, 6.45) is 5.13. The first-order valence-corrected chi connectivity index (χ1v) is 4.04. The fraction of sp³-hybridized carbons (Fsp3) is 0.625. The summed E-state index contributed by atoms with van der Waals surface area (Å²) in [5.41, 5.74) is 0. The molecule has 1 aliphatic rings. The molecule has 0 aromatic carbocycles. The maximum Gasteiger partial charge on any atom is 0.0658 e. The molecule has 0 aliphatic carbocycles. The van der Waals surface area contributed by atoms with Gasteiger partial charge in [0, 0.05) is 18.9 Å². The number of aromatic nitrogens is 2. The molecule has 0 saturated carbocycles. The summed E-state index contributed by atoms with van der Waals surface area (Å²) in [6, 6.07) is 2.59. The molecule has 0 N–H and O–H groups in total. The Balaban J connectivity index is 2.08. The van der Waals surface area contributed by atoms with E-state index >= 15 is 0 Å². The normalized spacial score (nSPS) is 26.1. The Morgan fingerprint density at radius 2 is 2.45 bits per heavy atom. The number of rotatable bonds is 1. The van der Waals surface area contributed by atoms with Crippen LogP contribution in [0.25, 0.3) is 0 Å². The summed E-state index contributed by atoms with van der Waals surface area (Å²) >= 11 is 0. The number of hydrogen-bond acceptors (Lipinski definition) is 2. The second kappa shape index (κ2) is 2.66. The molecule has 0 bridgehead atoms. The molecule has 0 unspecified atom stereocenters. The number of nitrogens with zero attached hydrogens (tertiary/aromatic N) is 3. The monoisotopic (exact) mass is 151 g/mol. The van der Waals surface area contributed by atoms with E-state index in [1.54, 1.807) is 0 Å². The molecule has 3 heteroatoms. The SMILES string of the molecule is CN1CC[C@@H](n2cccn2)C1. The van der Waals surface area contributed by atoms with Gasteiger partial charge in [-0.25, -0.2) is 0 Å². The van der Waals surface area contributed by atoms with E-state index in [0.717, 1.165) is 6.54 Å². The first kappa shape index (κ1) is 6.85. The van der Waals surface area contributed by atoms with Gasteiger partial charge in [-0.2, -0.15) is 5.10 Å². The van der Waals surface area contributed by atoms with Gasteiger partial charge in [0.15, 0.2) is 0 Å². The van der Waals surface area contributed by atoms with E-state index in [9.17, 15) is 0 Å². The lowest BCUT2D eigenvalue weighted by Crippen LogP contribution is -2.16. The van der Waals surface area contributed by atoms with Crippen molar-refractivity contribution in [2.75, 3.05) is 20.1 Å². The Morgan fingerprint density at radius 3 is 3.00 bits per heavy atom. The number of hydrogen-bond donors (Lipinski definition) is 0. The number of likely N-dealkylation sites (N-methyl/N-ethyl adjacent to an activating group) is 1. The predicted octanol–water partition coefficient (Wildman–Crippen LogP) is 0.760. The minimum absolute atomic E-state index is 0.606. The van der Waals surface area contributed by atoms with Crippen LogP contribution in [-0.2, 0) is 0 Å². The van der Waals surface area contributed by atoms with Gasteiger partial charge in [0.25, 0.3) is 0 Å². The molecule has 1 aliphatic heterocycles. The van der Waals surface area contributed by atoms with Gasteiger partial charge in [0.05, 0.1) is 6.04 Å². The standard InChI is InChI=1S/C8H13N3/c1-10-6-3-8(7-10)11-5-2-4-9-11/h2,4-5,8H,3,6-7H2,1H3/t8-/m1/s1. The van der Waals surface area contributed by atoms with Gasteiger partial charge in [-0.15, -0.1) is 0 Å². The van der Waals surface area contributed by atoms with Crippen LogP contribution in [0.3, 0.4) is 0 Å². The highest BCUT2D eigenvalue weighted by Gasteiger charge is 2.20. The summed E-state index contributed by atoms with van der Waals surface area (Å²) in [5.74, 6) is 0. The lowest BCUT2D eigenvalue weighted by atomic mass is 10.3. The maximum atomic E-state index is 4.22. The van der Waals surface area contributed by atoms with Crippen molar-refractivity contribution in [2.24, 2.45) is 0 Å². The van der Waals surface area contributed by atoms with Crippen molar-refractivity contribution < 1.29 is 0 Å². The second-order valence-corrected chi connectivity index (χ2v) is 3.19. The Bertz CT molecular complexity index is 217. The van der Waals surface area contributed by atoms with Crippen LogP contribution in [0.1, 0.15) is 12.5 Å². The summed E-state index contributed by atoms with van der Waals surface area (Å²) in [6.45, 7) is 2.34. The summed E-state index contributed by atoms with van der Waals surface area (Å²) in [7, 11) is 2.16. The minimum Gasteiger partial charge on any atom is -0.304 e. The quantitative estimate of drug-likeness (QED) is 0.591. The van der Waals surface area contributed by atoms with Crippen molar-refractivity contribution in [3.05, 3.63) is 18.5 Å². The molecule has 0 spiro atoms. The third kappa shape index (κ3) is 1.28. The van der Waals surface area contributed by atoms with E-state index in [0.29, 0.717) is 6.04 Å². The molecule has 0 radical (unpaired) electrons. The van der Waals surface area contributed by atoms with Crippen LogP contribution >= 0.6 is 0 Å². The second-order valence-electron chi connectivity index (χ2n) is 3.19. The highest BCUT2D eigenvalue weighted by atomic mass is 15.3. The van der Waals surface area contributed by atoms with E-state index < -0.39 is 0 Å². The van der Waals surface area contributed by atoms with Gasteiger partial charge in [-0.05, 0) is 26.1 Å². The molecule has 11 heavy (non-hydrogen) atoms. The van der Waals surface area contributed by atoms with Crippen molar-refractivity contribution in [2.45, 2.75) is 12.5 Å². The van der Waals surface area contributed by atoms with Crippen LogP contribution < -0.4 is 0 Å².